The standard InChI is InChI=1S/C10H16FN3/c1-4-14(6-8(2)3)10-5-9(11)12-7-13-10/h5,7-8H,4,6H2,1-3H3. The summed E-state index contributed by atoms with van der Waals surface area (Å²) >= 11 is 0. The molecule has 0 amide bonds. The normalized spacial score (nSPS) is 10.6. The Balaban J connectivity index is 2.78. The summed E-state index contributed by atoms with van der Waals surface area (Å²) in [7, 11) is 0. The van der Waals surface area contributed by atoms with E-state index in [1.807, 2.05) is 11.8 Å². The van der Waals surface area contributed by atoms with E-state index in [1.165, 1.54) is 12.4 Å². The first-order valence-electron chi connectivity index (χ1n) is 4.86. The molecule has 1 aromatic rings. The second kappa shape index (κ2) is 4.88. The van der Waals surface area contributed by atoms with Crippen LogP contribution in [0.15, 0.2) is 12.4 Å². The molecule has 0 N–H and O–H groups in total. The van der Waals surface area contributed by atoms with Crippen LogP contribution in [0, 0.1) is 11.9 Å². The molecule has 4 heteroatoms. The zero-order valence-electron chi connectivity index (χ0n) is 8.87. The molecular formula is C10H16FN3. The van der Waals surface area contributed by atoms with Gasteiger partial charge in [-0.15, -0.1) is 0 Å². The van der Waals surface area contributed by atoms with Crippen molar-refractivity contribution in [2.24, 2.45) is 5.92 Å². The molecule has 0 atom stereocenters. The maximum atomic E-state index is 12.8. The highest BCUT2D eigenvalue weighted by Crippen LogP contribution is 2.11. The summed E-state index contributed by atoms with van der Waals surface area (Å²) in [5.74, 6) is 0.721. The average molecular weight is 197 g/mol. The zero-order chi connectivity index (χ0) is 10.6. The van der Waals surface area contributed by atoms with Gasteiger partial charge < -0.3 is 4.90 Å². The van der Waals surface area contributed by atoms with Gasteiger partial charge in [0.2, 0.25) is 5.95 Å². The summed E-state index contributed by atoms with van der Waals surface area (Å²) in [4.78, 5) is 9.51. The fraction of sp³-hybridized carbons (Fsp3) is 0.600. The third-order valence-electron chi connectivity index (χ3n) is 1.91. The minimum atomic E-state index is -0.475. The monoisotopic (exact) mass is 197 g/mol. The molecular weight excluding hydrogens is 181 g/mol. The molecule has 0 spiro atoms. The minimum absolute atomic E-state index is 0.475. The van der Waals surface area contributed by atoms with Gasteiger partial charge in [-0.1, -0.05) is 13.8 Å². The molecule has 1 heterocycles. The number of hydrogen-bond donors (Lipinski definition) is 0. The highest BCUT2D eigenvalue weighted by Gasteiger charge is 2.08. The maximum Gasteiger partial charge on any atom is 0.218 e. The number of aromatic nitrogens is 2. The van der Waals surface area contributed by atoms with Crippen molar-refractivity contribution >= 4 is 5.82 Å². The number of nitrogens with zero attached hydrogens (tertiary/aromatic N) is 3. The Morgan fingerprint density at radius 1 is 1.43 bits per heavy atom. The molecule has 78 valence electrons. The van der Waals surface area contributed by atoms with Crippen molar-refractivity contribution in [3.8, 4) is 0 Å². The van der Waals surface area contributed by atoms with Gasteiger partial charge in [0, 0.05) is 19.2 Å². The number of rotatable bonds is 4. The van der Waals surface area contributed by atoms with Gasteiger partial charge >= 0.3 is 0 Å². The van der Waals surface area contributed by atoms with E-state index in [2.05, 4.69) is 23.8 Å². The molecule has 0 aliphatic rings. The Hall–Kier alpha value is -1.19. The van der Waals surface area contributed by atoms with Gasteiger partial charge in [-0.25, -0.2) is 9.97 Å². The summed E-state index contributed by atoms with van der Waals surface area (Å²) in [5.41, 5.74) is 0. The molecule has 0 aliphatic heterocycles. The van der Waals surface area contributed by atoms with E-state index in [0.29, 0.717) is 11.7 Å². The molecule has 0 saturated carbocycles. The fourth-order valence-corrected chi connectivity index (χ4v) is 1.32. The Kier molecular flexibility index (Phi) is 3.80. The third-order valence-corrected chi connectivity index (χ3v) is 1.91. The molecule has 0 radical (unpaired) electrons. The van der Waals surface area contributed by atoms with Crippen molar-refractivity contribution in [1.82, 2.24) is 9.97 Å². The summed E-state index contributed by atoms with van der Waals surface area (Å²) in [5, 5.41) is 0. The van der Waals surface area contributed by atoms with Gasteiger partial charge in [0.1, 0.15) is 12.1 Å². The van der Waals surface area contributed by atoms with Crippen molar-refractivity contribution in [1.29, 1.82) is 0 Å². The van der Waals surface area contributed by atoms with Crippen LogP contribution in [0.5, 0.6) is 0 Å². The Labute approximate surface area is 84.0 Å². The highest BCUT2D eigenvalue weighted by molar-refractivity contribution is 5.36. The van der Waals surface area contributed by atoms with Gasteiger partial charge in [-0.05, 0) is 12.8 Å². The van der Waals surface area contributed by atoms with Gasteiger partial charge in [0.15, 0.2) is 0 Å². The van der Waals surface area contributed by atoms with Crippen LogP contribution < -0.4 is 4.90 Å². The molecule has 1 aromatic heterocycles. The summed E-state index contributed by atoms with van der Waals surface area (Å²) < 4.78 is 12.8. The number of hydrogen-bond acceptors (Lipinski definition) is 3. The maximum absolute atomic E-state index is 12.8. The Bertz CT molecular complexity index is 288. The van der Waals surface area contributed by atoms with E-state index in [-0.39, 0.29) is 0 Å². The lowest BCUT2D eigenvalue weighted by atomic mass is 10.2. The zero-order valence-corrected chi connectivity index (χ0v) is 8.87. The predicted octanol–water partition coefficient (Wildman–Crippen LogP) is 2.10. The van der Waals surface area contributed by atoms with Crippen LogP contribution in [0.4, 0.5) is 10.2 Å². The molecule has 0 aliphatic carbocycles. The van der Waals surface area contributed by atoms with Gasteiger partial charge in [0.25, 0.3) is 0 Å². The lowest BCUT2D eigenvalue weighted by Crippen LogP contribution is -2.28. The van der Waals surface area contributed by atoms with Gasteiger partial charge in [-0.2, -0.15) is 4.39 Å². The van der Waals surface area contributed by atoms with E-state index >= 15 is 0 Å². The third kappa shape index (κ3) is 2.94. The molecule has 0 saturated heterocycles. The smallest absolute Gasteiger partial charge is 0.218 e. The van der Waals surface area contributed by atoms with Crippen molar-refractivity contribution in [2.45, 2.75) is 20.8 Å². The van der Waals surface area contributed by atoms with Crippen LogP contribution in [-0.4, -0.2) is 23.1 Å². The van der Waals surface area contributed by atoms with E-state index in [0.717, 1.165) is 13.1 Å². The van der Waals surface area contributed by atoms with Gasteiger partial charge in [-0.3, -0.25) is 0 Å². The van der Waals surface area contributed by atoms with E-state index in [1.54, 1.807) is 0 Å². The van der Waals surface area contributed by atoms with E-state index in [4.69, 9.17) is 0 Å². The topological polar surface area (TPSA) is 29.0 Å². The SMILES string of the molecule is CCN(CC(C)C)c1cc(F)ncn1. The fourth-order valence-electron chi connectivity index (χ4n) is 1.32. The van der Waals surface area contributed by atoms with Crippen molar-refractivity contribution in [2.75, 3.05) is 18.0 Å². The summed E-state index contributed by atoms with van der Waals surface area (Å²) in [6.45, 7) is 7.99. The van der Waals surface area contributed by atoms with Crippen LogP contribution in [0.3, 0.4) is 0 Å². The highest BCUT2D eigenvalue weighted by atomic mass is 19.1. The lowest BCUT2D eigenvalue weighted by Gasteiger charge is -2.23. The predicted molar refractivity (Wildman–Crippen MR) is 54.7 cm³/mol. The first-order valence-corrected chi connectivity index (χ1v) is 4.86. The van der Waals surface area contributed by atoms with Crippen molar-refractivity contribution in [3.05, 3.63) is 18.3 Å². The van der Waals surface area contributed by atoms with Gasteiger partial charge in [0.05, 0.1) is 0 Å². The molecule has 1 rings (SSSR count). The molecule has 0 aromatic carbocycles. The quantitative estimate of drug-likeness (QED) is 0.692. The number of anilines is 1. The van der Waals surface area contributed by atoms with Crippen molar-refractivity contribution in [3.63, 3.8) is 0 Å². The molecule has 0 unspecified atom stereocenters. The van der Waals surface area contributed by atoms with Crippen LogP contribution in [0.25, 0.3) is 0 Å². The van der Waals surface area contributed by atoms with E-state index < -0.39 is 5.95 Å². The second-order valence-electron chi connectivity index (χ2n) is 3.63. The Morgan fingerprint density at radius 2 is 2.14 bits per heavy atom. The Morgan fingerprint density at radius 3 is 2.64 bits per heavy atom. The molecule has 14 heavy (non-hydrogen) atoms. The second-order valence-corrected chi connectivity index (χ2v) is 3.63. The molecule has 0 fully saturated rings. The minimum Gasteiger partial charge on any atom is -0.356 e. The van der Waals surface area contributed by atoms with Crippen LogP contribution in [0.2, 0.25) is 0 Å². The average Bonchev–Trinajstić information content (AvgIpc) is 2.14. The van der Waals surface area contributed by atoms with Crippen LogP contribution in [-0.2, 0) is 0 Å². The van der Waals surface area contributed by atoms with E-state index in [9.17, 15) is 4.39 Å². The van der Waals surface area contributed by atoms with Crippen LogP contribution >= 0.6 is 0 Å². The van der Waals surface area contributed by atoms with Crippen LogP contribution in [0.1, 0.15) is 20.8 Å². The largest absolute Gasteiger partial charge is 0.356 e. The first-order chi connectivity index (χ1) is 6.63. The molecule has 0 bridgehead atoms. The lowest BCUT2D eigenvalue weighted by molar-refractivity contribution is 0.571. The first kappa shape index (κ1) is 10.9. The molecule has 3 nitrogen and oxygen atoms in total. The van der Waals surface area contributed by atoms with Crippen molar-refractivity contribution < 1.29 is 4.39 Å². The summed E-state index contributed by atoms with van der Waals surface area (Å²) in [6, 6.07) is 1.37. The number of halogens is 1. The summed E-state index contributed by atoms with van der Waals surface area (Å²) in [6.07, 6.45) is 1.26.